The summed E-state index contributed by atoms with van der Waals surface area (Å²) in [6, 6.07) is 23.6. The van der Waals surface area contributed by atoms with Gasteiger partial charge in [0.1, 0.15) is 17.3 Å². The Balaban J connectivity index is 1.45. The molecule has 0 saturated heterocycles. The first-order valence-electron chi connectivity index (χ1n) is 16.4. The lowest BCUT2D eigenvalue weighted by Crippen LogP contribution is -2.38. The maximum Gasteiger partial charge on any atom is 0.343 e. The van der Waals surface area contributed by atoms with Gasteiger partial charge in [0.2, 0.25) is 0 Å². The Hall–Kier alpha value is -4.98. The van der Waals surface area contributed by atoms with Crippen molar-refractivity contribution < 1.29 is 29.0 Å². The molecule has 1 amide bonds. The van der Waals surface area contributed by atoms with Gasteiger partial charge in [-0.2, -0.15) is 0 Å². The summed E-state index contributed by atoms with van der Waals surface area (Å²) < 4.78 is 11.4. The molecule has 4 aromatic rings. The largest absolute Gasteiger partial charge is 0.497 e. The molecule has 0 radical (unpaired) electrons. The van der Waals surface area contributed by atoms with E-state index in [-0.39, 0.29) is 17.2 Å². The number of rotatable bonds is 11. The third-order valence-corrected chi connectivity index (χ3v) is 8.75. The lowest BCUT2D eigenvalue weighted by atomic mass is 9.83. The Kier molecular flexibility index (Phi) is 10.0. The number of anilines is 1. The van der Waals surface area contributed by atoms with Gasteiger partial charge in [-0.25, -0.2) is 9.78 Å². The molecule has 2 atom stereocenters. The zero-order chi connectivity index (χ0) is 34.7. The van der Waals surface area contributed by atoms with Crippen molar-refractivity contribution in [3.8, 4) is 22.6 Å². The van der Waals surface area contributed by atoms with Gasteiger partial charge in [0.05, 0.1) is 18.6 Å². The number of carbonyl (C=O) groups is 3. The van der Waals surface area contributed by atoms with E-state index in [9.17, 15) is 19.5 Å². The number of aliphatic carboxylic acids is 1. The first-order valence-corrected chi connectivity index (χ1v) is 16.4. The van der Waals surface area contributed by atoms with Crippen LogP contribution in [0.15, 0.2) is 78.9 Å². The average molecular weight is 649 g/mol. The highest BCUT2D eigenvalue weighted by Crippen LogP contribution is 2.47. The molecule has 1 fully saturated rings. The van der Waals surface area contributed by atoms with Crippen LogP contribution >= 0.6 is 0 Å². The van der Waals surface area contributed by atoms with Crippen molar-refractivity contribution in [2.75, 3.05) is 18.6 Å². The standard InChI is InChI=1S/C40H44N2O6/c1-24-20-28(16-18-32(24)39(46)48-31-12-9-11-29(21-31)36(27-14-15-27)26(3)38(44)45)34-22-30(47-7)17-19-33(34)37(43)42(23-40(4,5)6)35-13-8-10-25(2)41-35/h8-13,16-22,26-27,36H,14-15,23H2,1-7H3,(H,44,45)/t26-,36-/m0/s1. The molecule has 1 aliphatic carbocycles. The molecular formula is C40H44N2O6. The fraction of sp³-hybridized carbons (Fsp3) is 0.350. The van der Waals surface area contributed by atoms with E-state index in [1.54, 1.807) is 55.3 Å². The number of carboxylic acids is 1. The van der Waals surface area contributed by atoms with E-state index in [0.29, 0.717) is 52.0 Å². The van der Waals surface area contributed by atoms with Crippen LogP contribution in [0.5, 0.6) is 11.5 Å². The number of carboxylic acid groups (broad SMARTS) is 1. The van der Waals surface area contributed by atoms with E-state index in [2.05, 4.69) is 25.8 Å². The summed E-state index contributed by atoms with van der Waals surface area (Å²) in [5, 5.41) is 9.68. The first kappa shape index (κ1) is 34.4. The Morgan fingerprint density at radius 1 is 0.917 bits per heavy atom. The normalized spacial score (nSPS) is 14.1. The van der Waals surface area contributed by atoms with Gasteiger partial charge in [0.25, 0.3) is 5.91 Å². The number of carbonyl (C=O) groups excluding carboxylic acids is 2. The zero-order valence-electron chi connectivity index (χ0n) is 28.7. The number of pyridine rings is 1. The summed E-state index contributed by atoms with van der Waals surface area (Å²) in [4.78, 5) is 45.9. The number of nitrogens with zero attached hydrogens (tertiary/aromatic N) is 2. The summed E-state index contributed by atoms with van der Waals surface area (Å²) in [7, 11) is 1.58. The second-order valence-corrected chi connectivity index (χ2v) is 14.0. The molecule has 1 saturated carbocycles. The number of benzene rings is 3. The fourth-order valence-electron chi connectivity index (χ4n) is 6.22. The smallest absolute Gasteiger partial charge is 0.343 e. The Morgan fingerprint density at radius 3 is 2.25 bits per heavy atom. The second-order valence-electron chi connectivity index (χ2n) is 14.0. The van der Waals surface area contributed by atoms with E-state index in [0.717, 1.165) is 29.7 Å². The molecule has 1 aromatic heterocycles. The minimum absolute atomic E-state index is 0.136. The number of aromatic nitrogens is 1. The van der Waals surface area contributed by atoms with Crippen molar-refractivity contribution in [1.82, 2.24) is 4.98 Å². The van der Waals surface area contributed by atoms with Gasteiger partial charge in [0.15, 0.2) is 0 Å². The number of methoxy groups -OCH3 is 1. The summed E-state index contributed by atoms with van der Waals surface area (Å²) in [6.07, 6.45) is 1.99. The van der Waals surface area contributed by atoms with Crippen molar-refractivity contribution in [2.24, 2.45) is 17.3 Å². The molecular weight excluding hydrogens is 604 g/mol. The molecule has 1 heterocycles. The molecule has 0 aliphatic heterocycles. The van der Waals surface area contributed by atoms with Crippen LogP contribution < -0.4 is 14.4 Å². The minimum atomic E-state index is -0.834. The Bertz CT molecular complexity index is 1840. The van der Waals surface area contributed by atoms with E-state index < -0.39 is 17.9 Å². The van der Waals surface area contributed by atoms with E-state index in [1.807, 2.05) is 56.3 Å². The molecule has 5 rings (SSSR count). The van der Waals surface area contributed by atoms with Crippen LogP contribution in [0.4, 0.5) is 5.82 Å². The summed E-state index contributed by atoms with van der Waals surface area (Å²) in [5.74, 6) is -0.357. The van der Waals surface area contributed by atoms with Crippen molar-refractivity contribution in [3.05, 3.63) is 107 Å². The third kappa shape index (κ3) is 7.93. The lowest BCUT2D eigenvalue weighted by Gasteiger charge is -2.30. The molecule has 0 unspecified atom stereocenters. The molecule has 3 aromatic carbocycles. The van der Waals surface area contributed by atoms with Gasteiger partial charge < -0.3 is 14.6 Å². The van der Waals surface area contributed by atoms with Gasteiger partial charge in [-0.1, -0.05) is 58.0 Å². The van der Waals surface area contributed by atoms with Crippen molar-refractivity contribution in [2.45, 2.75) is 60.3 Å². The molecule has 0 spiro atoms. The molecule has 8 nitrogen and oxygen atoms in total. The maximum atomic E-state index is 14.3. The van der Waals surface area contributed by atoms with Gasteiger partial charge in [0, 0.05) is 17.8 Å². The monoisotopic (exact) mass is 648 g/mol. The lowest BCUT2D eigenvalue weighted by molar-refractivity contribution is -0.142. The molecule has 1 aliphatic rings. The van der Waals surface area contributed by atoms with Crippen molar-refractivity contribution in [3.63, 3.8) is 0 Å². The van der Waals surface area contributed by atoms with Crippen LogP contribution in [0.1, 0.15) is 84.0 Å². The van der Waals surface area contributed by atoms with E-state index in [4.69, 9.17) is 9.47 Å². The first-order chi connectivity index (χ1) is 22.8. The average Bonchev–Trinajstić information content (AvgIpc) is 3.88. The summed E-state index contributed by atoms with van der Waals surface area (Å²) in [6.45, 7) is 12.2. The third-order valence-electron chi connectivity index (χ3n) is 8.75. The molecule has 8 heteroatoms. The topological polar surface area (TPSA) is 106 Å². The van der Waals surface area contributed by atoms with Crippen LogP contribution in [-0.2, 0) is 4.79 Å². The second kappa shape index (κ2) is 14.0. The number of amides is 1. The van der Waals surface area contributed by atoms with E-state index in [1.165, 1.54) is 0 Å². The molecule has 1 N–H and O–H groups in total. The van der Waals surface area contributed by atoms with Crippen molar-refractivity contribution in [1.29, 1.82) is 0 Å². The van der Waals surface area contributed by atoms with Gasteiger partial charge in [-0.3, -0.25) is 14.5 Å². The van der Waals surface area contributed by atoms with Crippen LogP contribution in [0.2, 0.25) is 0 Å². The number of esters is 1. The van der Waals surface area contributed by atoms with Gasteiger partial charge in [-0.15, -0.1) is 0 Å². The van der Waals surface area contributed by atoms with Gasteiger partial charge in [-0.05, 0) is 115 Å². The summed E-state index contributed by atoms with van der Waals surface area (Å²) in [5.41, 5.74) is 4.44. The van der Waals surface area contributed by atoms with Gasteiger partial charge >= 0.3 is 11.9 Å². The van der Waals surface area contributed by atoms with Crippen LogP contribution in [0.3, 0.4) is 0 Å². The molecule has 0 bridgehead atoms. The predicted molar refractivity (Wildman–Crippen MR) is 187 cm³/mol. The molecule has 250 valence electrons. The number of hydrogen-bond donors (Lipinski definition) is 1. The number of ether oxygens (including phenoxy) is 2. The zero-order valence-corrected chi connectivity index (χ0v) is 28.7. The number of aryl methyl sites for hydroxylation is 2. The quantitative estimate of drug-likeness (QED) is 0.128. The van der Waals surface area contributed by atoms with E-state index >= 15 is 0 Å². The highest BCUT2D eigenvalue weighted by atomic mass is 16.5. The van der Waals surface area contributed by atoms with Crippen LogP contribution in [0, 0.1) is 31.1 Å². The summed E-state index contributed by atoms with van der Waals surface area (Å²) >= 11 is 0. The number of hydrogen-bond acceptors (Lipinski definition) is 6. The maximum absolute atomic E-state index is 14.3. The highest BCUT2D eigenvalue weighted by Gasteiger charge is 2.38. The Morgan fingerprint density at radius 2 is 1.62 bits per heavy atom. The SMILES string of the molecule is COc1ccc(C(=O)N(CC(C)(C)C)c2cccc(C)n2)c(-c2ccc(C(=O)Oc3cccc([C@H](C4CC4)[C@H](C)C(=O)O)c3)c(C)c2)c1. The van der Waals surface area contributed by atoms with Crippen LogP contribution in [0.25, 0.3) is 11.1 Å². The predicted octanol–water partition coefficient (Wildman–Crippen LogP) is 8.50. The van der Waals surface area contributed by atoms with Crippen molar-refractivity contribution >= 4 is 23.7 Å². The minimum Gasteiger partial charge on any atom is -0.497 e. The Labute approximate surface area is 282 Å². The fourth-order valence-corrected chi connectivity index (χ4v) is 6.22. The highest BCUT2D eigenvalue weighted by molar-refractivity contribution is 6.10. The van der Waals surface area contributed by atoms with Crippen LogP contribution in [-0.4, -0.2) is 41.6 Å². The molecule has 48 heavy (non-hydrogen) atoms.